The van der Waals surface area contributed by atoms with Crippen molar-refractivity contribution in [3.63, 3.8) is 0 Å². The highest BCUT2D eigenvalue weighted by Gasteiger charge is 2.24. The minimum Gasteiger partial charge on any atom is -0.354 e. The first-order chi connectivity index (χ1) is 11.8. The van der Waals surface area contributed by atoms with Gasteiger partial charge in [-0.05, 0) is 44.9 Å². The van der Waals surface area contributed by atoms with Gasteiger partial charge in [0, 0.05) is 30.7 Å². The first-order valence-corrected chi connectivity index (χ1v) is 8.67. The van der Waals surface area contributed by atoms with E-state index in [0.717, 1.165) is 12.8 Å². The maximum atomic E-state index is 12.1. The maximum Gasteiger partial charge on any atom is 0.319 e. The SMILES string of the molecule is CC(C)NC(=O)CCNC(=O)Nc1ccc(Cl)c(C(=O)NC2CC2)c1. The normalized spacial score (nSPS) is 13.3. The molecule has 1 aliphatic rings. The molecular formula is C17H23ClN4O3. The van der Waals surface area contributed by atoms with Crippen LogP contribution in [0, 0.1) is 0 Å². The second-order valence-electron chi connectivity index (χ2n) is 6.30. The largest absolute Gasteiger partial charge is 0.354 e. The molecule has 136 valence electrons. The number of hydrogen-bond acceptors (Lipinski definition) is 3. The molecule has 1 fully saturated rings. The highest BCUT2D eigenvalue weighted by atomic mass is 35.5. The maximum absolute atomic E-state index is 12.1. The molecule has 0 spiro atoms. The average molecular weight is 367 g/mol. The molecule has 0 aliphatic heterocycles. The van der Waals surface area contributed by atoms with E-state index < -0.39 is 6.03 Å². The Labute approximate surface area is 151 Å². The molecule has 0 aromatic heterocycles. The summed E-state index contributed by atoms with van der Waals surface area (Å²) in [6.07, 6.45) is 2.16. The van der Waals surface area contributed by atoms with Gasteiger partial charge in [0.2, 0.25) is 5.91 Å². The Morgan fingerprint density at radius 2 is 1.96 bits per heavy atom. The van der Waals surface area contributed by atoms with Crippen molar-refractivity contribution in [2.45, 2.75) is 45.2 Å². The minimum absolute atomic E-state index is 0.0654. The number of rotatable bonds is 7. The Morgan fingerprint density at radius 1 is 1.24 bits per heavy atom. The predicted octanol–water partition coefficient (Wildman–Crippen LogP) is 2.27. The number of hydrogen-bond donors (Lipinski definition) is 4. The van der Waals surface area contributed by atoms with Crippen LogP contribution in [0.1, 0.15) is 43.5 Å². The lowest BCUT2D eigenvalue weighted by Crippen LogP contribution is -2.35. The zero-order valence-electron chi connectivity index (χ0n) is 14.3. The molecule has 0 heterocycles. The summed E-state index contributed by atoms with van der Waals surface area (Å²) in [6.45, 7) is 3.96. The Hall–Kier alpha value is -2.28. The van der Waals surface area contributed by atoms with Crippen molar-refractivity contribution >= 4 is 35.1 Å². The van der Waals surface area contributed by atoms with E-state index in [-0.39, 0.29) is 36.9 Å². The molecule has 0 saturated heterocycles. The topological polar surface area (TPSA) is 99.3 Å². The van der Waals surface area contributed by atoms with Crippen LogP contribution in [0.25, 0.3) is 0 Å². The van der Waals surface area contributed by atoms with Crippen LogP contribution in [0.3, 0.4) is 0 Å². The molecule has 7 nitrogen and oxygen atoms in total. The second-order valence-corrected chi connectivity index (χ2v) is 6.70. The molecule has 1 aliphatic carbocycles. The molecule has 1 saturated carbocycles. The molecule has 1 aromatic rings. The van der Waals surface area contributed by atoms with Crippen molar-refractivity contribution in [1.82, 2.24) is 16.0 Å². The molecule has 4 amide bonds. The molecule has 1 aromatic carbocycles. The number of urea groups is 1. The molecular weight excluding hydrogens is 344 g/mol. The molecule has 4 N–H and O–H groups in total. The van der Waals surface area contributed by atoms with Crippen LogP contribution in [0.4, 0.5) is 10.5 Å². The number of carbonyl (C=O) groups excluding carboxylic acids is 3. The van der Waals surface area contributed by atoms with Gasteiger partial charge >= 0.3 is 6.03 Å². The smallest absolute Gasteiger partial charge is 0.319 e. The van der Waals surface area contributed by atoms with Crippen LogP contribution < -0.4 is 21.3 Å². The second kappa shape index (κ2) is 8.71. The standard InChI is InChI=1S/C17H23ClN4O3/c1-10(2)20-15(23)7-8-19-17(25)22-12-5-6-14(18)13(9-12)16(24)21-11-3-4-11/h5-6,9-11H,3-4,7-8H2,1-2H3,(H,20,23)(H,21,24)(H2,19,22,25). The molecule has 25 heavy (non-hydrogen) atoms. The van der Waals surface area contributed by atoms with Gasteiger partial charge in [0.15, 0.2) is 0 Å². The number of anilines is 1. The third kappa shape index (κ3) is 6.62. The number of benzene rings is 1. The Bertz CT molecular complexity index is 659. The van der Waals surface area contributed by atoms with Gasteiger partial charge in [0.05, 0.1) is 10.6 Å². The van der Waals surface area contributed by atoms with Gasteiger partial charge in [0.1, 0.15) is 0 Å². The highest BCUT2D eigenvalue weighted by molar-refractivity contribution is 6.34. The van der Waals surface area contributed by atoms with E-state index >= 15 is 0 Å². The van der Waals surface area contributed by atoms with E-state index in [1.807, 2.05) is 13.8 Å². The summed E-state index contributed by atoms with van der Waals surface area (Å²) in [5.41, 5.74) is 0.775. The van der Waals surface area contributed by atoms with Gasteiger partial charge in [-0.3, -0.25) is 9.59 Å². The van der Waals surface area contributed by atoms with Crippen molar-refractivity contribution in [2.24, 2.45) is 0 Å². The molecule has 0 atom stereocenters. The van der Waals surface area contributed by atoms with Crippen LogP contribution >= 0.6 is 11.6 Å². The third-order valence-corrected chi connectivity index (χ3v) is 3.80. The number of halogens is 1. The molecule has 2 rings (SSSR count). The lowest BCUT2D eigenvalue weighted by molar-refractivity contribution is -0.121. The summed E-state index contributed by atoms with van der Waals surface area (Å²) in [5, 5.41) is 11.2. The first kappa shape index (κ1) is 19.1. The molecule has 0 unspecified atom stereocenters. The lowest BCUT2D eigenvalue weighted by atomic mass is 10.2. The highest BCUT2D eigenvalue weighted by Crippen LogP contribution is 2.23. The Morgan fingerprint density at radius 3 is 2.60 bits per heavy atom. The van der Waals surface area contributed by atoms with E-state index in [1.54, 1.807) is 12.1 Å². The number of carbonyl (C=O) groups is 3. The zero-order chi connectivity index (χ0) is 18.4. The van der Waals surface area contributed by atoms with E-state index in [9.17, 15) is 14.4 Å². The zero-order valence-corrected chi connectivity index (χ0v) is 15.1. The van der Waals surface area contributed by atoms with Gasteiger partial charge < -0.3 is 21.3 Å². The predicted molar refractivity (Wildman–Crippen MR) is 96.9 cm³/mol. The average Bonchev–Trinajstić information content (AvgIpc) is 3.32. The third-order valence-electron chi connectivity index (χ3n) is 3.47. The monoisotopic (exact) mass is 366 g/mol. The number of nitrogens with one attached hydrogen (secondary N) is 4. The summed E-state index contributed by atoms with van der Waals surface area (Å²) in [5.74, 6) is -0.372. The van der Waals surface area contributed by atoms with Crippen LogP contribution in [0.2, 0.25) is 5.02 Å². The van der Waals surface area contributed by atoms with Crippen molar-refractivity contribution < 1.29 is 14.4 Å². The van der Waals surface area contributed by atoms with E-state index in [2.05, 4.69) is 21.3 Å². The minimum atomic E-state index is -0.451. The summed E-state index contributed by atoms with van der Waals surface area (Å²) in [7, 11) is 0. The fraction of sp³-hybridized carbons (Fsp3) is 0.471. The summed E-state index contributed by atoms with van der Waals surface area (Å²) in [4.78, 5) is 35.5. The van der Waals surface area contributed by atoms with Gasteiger partial charge in [0.25, 0.3) is 5.91 Å². The summed E-state index contributed by atoms with van der Waals surface area (Å²) < 4.78 is 0. The van der Waals surface area contributed by atoms with Crippen LogP contribution in [-0.4, -0.2) is 36.5 Å². The molecule has 0 bridgehead atoms. The van der Waals surface area contributed by atoms with Crippen LogP contribution in [0.15, 0.2) is 18.2 Å². The summed E-state index contributed by atoms with van der Waals surface area (Å²) in [6, 6.07) is 4.55. The van der Waals surface area contributed by atoms with Gasteiger partial charge in [-0.1, -0.05) is 11.6 Å². The van der Waals surface area contributed by atoms with Gasteiger partial charge in [-0.25, -0.2) is 4.79 Å². The number of amides is 4. The fourth-order valence-corrected chi connectivity index (χ4v) is 2.33. The lowest BCUT2D eigenvalue weighted by Gasteiger charge is -2.11. The van der Waals surface area contributed by atoms with Crippen molar-refractivity contribution in [3.8, 4) is 0 Å². The van der Waals surface area contributed by atoms with E-state index in [0.29, 0.717) is 16.3 Å². The fourth-order valence-electron chi connectivity index (χ4n) is 2.13. The molecule has 0 radical (unpaired) electrons. The van der Waals surface area contributed by atoms with Crippen LogP contribution in [-0.2, 0) is 4.79 Å². The summed E-state index contributed by atoms with van der Waals surface area (Å²) >= 11 is 6.06. The Balaban J connectivity index is 1.83. The van der Waals surface area contributed by atoms with Crippen molar-refractivity contribution in [3.05, 3.63) is 28.8 Å². The molecule has 8 heteroatoms. The van der Waals surface area contributed by atoms with E-state index in [1.165, 1.54) is 6.07 Å². The van der Waals surface area contributed by atoms with Gasteiger partial charge in [-0.2, -0.15) is 0 Å². The Kier molecular flexibility index (Phi) is 6.64. The van der Waals surface area contributed by atoms with Crippen molar-refractivity contribution in [1.29, 1.82) is 0 Å². The van der Waals surface area contributed by atoms with Crippen molar-refractivity contribution in [2.75, 3.05) is 11.9 Å². The van der Waals surface area contributed by atoms with Gasteiger partial charge in [-0.15, -0.1) is 0 Å². The van der Waals surface area contributed by atoms with E-state index in [4.69, 9.17) is 11.6 Å². The van der Waals surface area contributed by atoms with Crippen LogP contribution in [0.5, 0.6) is 0 Å². The quantitative estimate of drug-likeness (QED) is 0.595. The first-order valence-electron chi connectivity index (χ1n) is 8.30.